The van der Waals surface area contributed by atoms with Crippen LogP contribution in [0.2, 0.25) is 0 Å². The number of hydrogen-bond donors (Lipinski definition) is 2. The molecule has 3 rings (SSSR count). The van der Waals surface area contributed by atoms with Crippen molar-refractivity contribution in [2.45, 2.75) is 38.6 Å². The van der Waals surface area contributed by atoms with Crippen LogP contribution in [0.5, 0.6) is 0 Å². The minimum absolute atomic E-state index is 0.0252. The summed E-state index contributed by atoms with van der Waals surface area (Å²) < 4.78 is 18.0. The quantitative estimate of drug-likeness (QED) is 0.625. The fraction of sp³-hybridized carbons (Fsp3) is 0.333. The number of hydrogen-bond acceptors (Lipinski definition) is 4. The van der Waals surface area contributed by atoms with Crippen LogP contribution in [0.1, 0.15) is 52.9 Å². The van der Waals surface area contributed by atoms with Gasteiger partial charge in [0.25, 0.3) is 5.91 Å². The normalized spacial score (nSPS) is 14.1. The molecule has 0 saturated carbocycles. The molecule has 1 aliphatic rings. The summed E-state index contributed by atoms with van der Waals surface area (Å²) in [6.45, 7) is 1.47. The van der Waals surface area contributed by atoms with Crippen LogP contribution in [0.25, 0.3) is 0 Å². The van der Waals surface area contributed by atoms with Crippen molar-refractivity contribution in [1.29, 1.82) is 0 Å². The van der Waals surface area contributed by atoms with E-state index in [0.717, 1.165) is 30.5 Å². The number of carbonyl (C=O) groups is 2. The van der Waals surface area contributed by atoms with Crippen LogP contribution < -0.4 is 11.1 Å². The Balaban J connectivity index is 1.55. The molecule has 0 bridgehead atoms. The second-order valence-electron chi connectivity index (χ2n) is 6.83. The molecule has 1 unspecified atom stereocenters. The molecule has 3 N–H and O–H groups in total. The first-order valence-electron chi connectivity index (χ1n) is 9.07. The molecule has 0 spiro atoms. The minimum Gasteiger partial charge on any atom is -0.452 e. The Hall–Kier alpha value is -2.89. The number of fused-ring (bicyclic) bond motifs is 1. The highest BCUT2D eigenvalue weighted by atomic mass is 19.1. The number of nitrogens with one attached hydrogen (secondary N) is 1. The molecule has 142 valence electrons. The van der Waals surface area contributed by atoms with Crippen molar-refractivity contribution in [2.24, 2.45) is 0 Å². The maximum Gasteiger partial charge on any atom is 0.340 e. The second kappa shape index (κ2) is 8.20. The van der Waals surface area contributed by atoms with Crippen LogP contribution in [0.4, 0.5) is 10.1 Å². The van der Waals surface area contributed by atoms with Crippen LogP contribution in [0, 0.1) is 5.82 Å². The number of anilines is 1. The van der Waals surface area contributed by atoms with Crippen LogP contribution in [-0.2, 0) is 22.4 Å². The van der Waals surface area contributed by atoms with Gasteiger partial charge in [0.1, 0.15) is 5.82 Å². The smallest absolute Gasteiger partial charge is 0.340 e. The summed E-state index contributed by atoms with van der Waals surface area (Å²) >= 11 is 0. The lowest BCUT2D eigenvalue weighted by atomic mass is 9.89. The zero-order chi connectivity index (χ0) is 19.4. The summed E-state index contributed by atoms with van der Waals surface area (Å²) in [5.41, 5.74) is 9.36. The second-order valence-corrected chi connectivity index (χ2v) is 6.83. The Labute approximate surface area is 157 Å². The van der Waals surface area contributed by atoms with E-state index in [1.54, 1.807) is 0 Å². The first-order valence-corrected chi connectivity index (χ1v) is 9.07. The van der Waals surface area contributed by atoms with Crippen LogP contribution in [0.15, 0.2) is 36.4 Å². The van der Waals surface area contributed by atoms with E-state index < -0.39 is 24.3 Å². The Morgan fingerprint density at radius 2 is 1.89 bits per heavy atom. The highest BCUT2D eigenvalue weighted by Gasteiger charge is 2.17. The molecule has 2 aromatic carbocycles. The van der Waals surface area contributed by atoms with Crippen molar-refractivity contribution < 1.29 is 18.7 Å². The lowest BCUT2D eigenvalue weighted by molar-refractivity contribution is -0.124. The van der Waals surface area contributed by atoms with Crippen molar-refractivity contribution in [3.63, 3.8) is 0 Å². The summed E-state index contributed by atoms with van der Waals surface area (Å²) in [5, 5.41) is 2.83. The average molecular weight is 370 g/mol. The number of benzene rings is 2. The van der Waals surface area contributed by atoms with Crippen molar-refractivity contribution in [3.8, 4) is 0 Å². The Morgan fingerprint density at radius 3 is 2.63 bits per heavy atom. The molecule has 1 aliphatic carbocycles. The van der Waals surface area contributed by atoms with Gasteiger partial charge in [0, 0.05) is 5.69 Å². The molecular weight excluding hydrogens is 347 g/mol. The molecule has 27 heavy (non-hydrogen) atoms. The number of aryl methyl sites for hydroxylation is 2. The molecule has 2 aromatic rings. The number of esters is 1. The molecule has 0 saturated heterocycles. The zero-order valence-corrected chi connectivity index (χ0v) is 15.3. The fourth-order valence-corrected chi connectivity index (χ4v) is 3.32. The van der Waals surface area contributed by atoms with Crippen LogP contribution in [0.3, 0.4) is 0 Å². The molecule has 0 heterocycles. The third-order valence-electron chi connectivity index (χ3n) is 4.82. The van der Waals surface area contributed by atoms with Gasteiger partial charge in [-0.05, 0) is 67.5 Å². The van der Waals surface area contributed by atoms with E-state index in [4.69, 9.17) is 10.5 Å². The van der Waals surface area contributed by atoms with Gasteiger partial charge in [-0.1, -0.05) is 18.2 Å². The van der Waals surface area contributed by atoms with Crippen molar-refractivity contribution in [2.75, 3.05) is 12.3 Å². The number of amides is 1. The third-order valence-corrected chi connectivity index (χ3v) is 4.82. The molecule has 6 heteroatoms. The number of ether oxygens (including phenoxy) is 1. The Morgan fingerprint density at radius 1 is 1.15 bits per heavy atom. The number of nitrogens with two attached hydrogens (primary N) is 1. The summed E-state index contributed by atoms with van der Waals surface area (Å²) in [6, 6.07) is 9.49. The minimum atomic E-state index is -0.760. The van der Waals surface area contributed by atoms with Gasteiger partial charge >= 0.3 is 5.97 Å². The van der Waals surface area contributed by atoms with Gasteiger partial charge in [0.05, 0.1) is 11.6 Å². The predicted molar refractivity (Wildman–Crippen MR) is 101 cm³/mol. The summed E-state index contributed by atoms with van der Waals surface area (Å²) in [5.74, 6) is -1.71. The van der Waals surface area contributed by atoms with Crippen molar-refractivity contribution in [1.82, 2.24) is 5.32 Å². The standard InChI is InChI=1S/C21H23FN2O3/c1-13(15-7-6-14-4-2-3-5-16(14)10-15)24-20(25)12-27-21(26)18-9-8-17(22)11-19(18)23/h6-11,13H,2-5,12,23H2,1H3,(H,24,25). The molecule has 5 nitrogen and oxygen atoms in total. The van der Waals surface area contributed by atoms with Gasteiger partial charge in [0.2, 0.25) is 0 Å². The lowest BCUT2D eigenvalue weighted by Gasteiger charge is -2.20. The van der Waals surface area contributed by atoms with E-state index in [2.05, 4.69) is 17.4 Å². The highest BCUT2D eigenvalue weighted by molar-refractivity contribution is 5.96. The Kier molecular flexibility index (Phi) is 5.74. The largest absolute Gasteiger partial charge is 0.452 e. The fourth-order valence-electron chi connectivity index (χ4n) is 3.32. The molecule has 0 aromatic heterocycles. The van der Waals surface area contributed by atoms with Gasteiger partial charge in [-0.25, -0.2) is 9.18 Å². The maximum atomic E-state index is 13.0. The molecule has 1 atom stereocenters. The van der Waals surface area contributed by atoms with Crippen molar-refractivity contribution >= 4 is 17.6 Å². The third kappa shape index (κ3) is 4.64. The van der Waals surface area contributed by atoms with E-state index >= 15 is 0 Å². The van der Waals surface area contributed by atoms with Gasteiger partial charge in [-0.3, -0.25) is 4.79 Å². The number of halogens is 1. The molecule has 0 aliphatic heterocycles. The molecule has 0 radical (unpaired) electrons. The van der Waals surface area contributed by atoms with E-state index in [1.165, 1.54) is 30.0 Å². The number of carbonyl (C=O) groups excluding carboxylic acids is 2. The van der Waals surface area contributed by atoms with E-state index in [-0.39, 0.29) is 17.3 Å². The monoisotopic (exact) mass is 370 g/mol. The highest BCUT2D eigenvalue weighted by Crippen LogP contribution is 2.24. The lowest BCUT2D eigenvalue weighted by Crippen LogP contribution is -2.31. The number of rotatable bonds is 5. The van der Waals surface area contributed by atoms with Gasteiger partial charge in [-0.15, -0.1) is 0 Å². The first kappa shape index (κ1) is 18.9. The SMILES string of the molecule is CC(NC(=O)COC(=O)c1ccc(F)cc1N)c1ccc2c(c1)CCCC2. The van der Waals surface area contributed by atoms with E-state index in [9.17, 15) is 14.0 Å². The maximum absolute atomic E-state index is 13.0. The van der Waals surface area contributed by atoms with Crippen LogP contribution >= 0.6 is 0 Å². The Bertz CT molecular complexity index is 867. The van der Waals surface area contributed by atoms with E-state index in [0.29, 0.717) is 0 Å². The zero-order valence-electron chi connectivity index (χ0n) is 15.3. The van der Waals surface area contributed by atoms with E-state index in [1.807, 2.05) is 13.0 Å². The topological polar surface area (TPSA) is 81.4 Å². The van der Waals surface area contributed by atoms with Crippen molar-refractivity contribution in [3.05, 3.63) is 64.5 Å². The molecular formula is C21H23FN2O3. The first-order chi connectivity index (χ1) is 12.9. The van der Waals surface area contributed by atoms with Gasteiger partial charge < -0.3 is 15.8 Å². The summed E-state index contributed by atoms with van der Waals surface area (Å²) in [6.07, 6.45) is 4.60. The van der Waals surface area contributed by atoms with Gasteiger partial charge in [-0.2, -0.15) is 0 Å². The predicted octanol–water partition coefficient (Wildman–Crippen LogP) is 3.32. The average Bonchev–Trinajstić information content (AvgIpc) is 2.65. The number of nitrogen functional groups attached to an aromatic ring is 1. The summed E-state index contributed by atoms with van der Waals surface area (Å²) in [7, 11) is 0. The van der Waals surface area contributed by atoms with Crippen LogP contribution in [-0.4, -0.2) is 18.5 Å². The summed E-state index contributed by atoms with van der Waals surface area (Å²) in [4.78, 5) is 24.1. The molecule has 0 fully saturated rings. The molecule has 1 amide bonds. The van der Waals surface area contributed by atoms with Gasteiger partial charge in [0.15, 0.2) is 6.61 Å².